The number of carbonyl (C=O) groups excluding carboxylic acids is 2. The van der Waals surface area contributed by atoms with Crippen LogP contribution in [-0.4, -0.2) is 80.2 Å². The predicted octanol–water partition coefficient (Wildman–Crippen LogP) is -0.254. The lowest BCUT2D eigenvalue weighted by atomic mass is 9.55. The first-order valence-electron chi connectivity index (χ1n) is 13.7. The van der Waals surface area contributed by atoms with Gasteiger partial charge in [-0.15, -0.1) is 0 Å². The number of aliphatic carboxylic acids is 2. The second-order valence-corrected chi connectivity index (χ2v) is 11.7. The van der Waals surface area contributed by atoms with Crippen LogP contribution in [0.1, 0.15) is 39.5 Å². The van der Waals surface area contributed by atoms with Gasteiger partial charge in [-0.3, -0.25) is 4.79 Å². The number of carboxylic acid groups (broad SMARTS) is 2. The van der Waals surface area contributed by atoms with Crippen molar-refractivity contribution in [1.29, 1.82) is 0 Å². The third kappa shape index (κ3) is 4.62. The number of nitrogens with one attached hydrogen (secondary N) is 1. The zero-order chi connectivity index (χ0) is 27.2. The highest BCUT2D eigenvalue weighted by atomic mass is 16.7. The molecular weight excluding hydrogens is 492 g/mol. The third-order valence-electron chi connectivity index (χ3n) is 9.68. The molecule has 2 aliphatic carbocycles. The number of ether oxygens (including phenoxy) is 3. The minimum atomic E-state index is -2.07. The Morgan fingerprint density at radius 3 is 2.42 bits per heavy atom. The van der Waals surface area contributed by atoms with Crippen molar-refractivity contribution in [2.24, 2.45) is 23.7 Å². The third-order valence-corrected chi connectivity index (χ3v) is 9.68. The van der Waals surface area contributed by atoms with Crippen molar-refractivity contribution in [3.63, 3.8) is 0 Å². The average Bonchev–Trinajstić information content (AvgIpc) is 3.54. The number of anilines is 1. The second kappa shape index (κ2) is 10.0. The fourth-order valence-corrected chi connectivity index (χ4v) is 7.67. The number of nitrogens with zero attached hydrogens (tertiary/aromatic N) is 1. The Hall–Kier alpha value is -2.85. The van der Waals surface area contributed by atoms with Gasteiger partial charge in [0.15, 0.2) is 5.97 Å². The van der Waals surface area contributed by atoms with Crippen LogP contribution in [0.3, 0.4) is 0 Å². The molecule has 10 heteroatoms. The summed E-state index contributed by atoms with van der Waals surface area (Å²) in [6.07, 6.45) is 4.70. The molecule has 0 amide bonds. The minimum Gasteiger partial charge on any atom is -0.539 e. The van der Waals surface area contributed by atoms with E-state index in [0.29, 0.717) is 17.8 Å². The van der Waals surface area contributed by atoms with Gasteiger partial charge in [-0.25, -0.2) is 4.79 Å². The number of piperazine rings is 1. The maximum atomic E-state index is 13.3. The number of methoxy groups -OCH3 is 1. The molecule has 0 radical (unpaired) electrons. The van der Waals surface area contributed by atoms with Gasteiger partial charge < -0.3 is 39.0 Å². The van der Waals surface area contributed by atoms with E-state index in [1.165, 1.54) is 12.1 Å². The van der Waals surface area contributed by atoms with Crippen molar-refractivity contribution in [3.05, 3.63) is 24.3 Å². The van der Waals surface area contributed by atoms with E-state index in [0.717, 1.165) is 57.7 Å². The van der Waals surface area contributed by atoms with E-state index in [4.69, 9.17) is 34.0 Å². The van der Waals surface area contributed by atoms with Crippen LogP contribution >= 0.6 is 0 Å². The molecule has 0 bridgehead atoms. The van der Waals surface area contributed by atoms with Crippen molar-refractivity contribution < 1.29 is 43.7 Å². The predicted molar refractivity (Wildman–Crippen MR) is 134 cm³/mol. The highest BCUT2D eigenvalue weighted by Gasteiger charge is 2.77. The quantitative estimate of drug-likeness (QED) is 0.307. The number of carboxylic acids is 2. The fourth-order valence-electron chi connectivity index (χ4n) is 7.67. The van der Waals surface area contributed by atoms with E-state index >= 15 is 0 Å². The standard InChI is InChI=1S/C26H36N2O4.C2H2O4/c1-17-4-9-22-20(23(29)31-26(22)21(17)10-11-25(2)24(26)32-25)16-27-12-14-28(15-13-27)18-5-7-19(30-3)8-6-18;3-1(4)2(5)6/h5-8,17,20-22,24H,4,9-16H2,1-3H3;(H,3,4)(H,5,6). The lowest BCUT2D eigenvalue weighted by Crippen LogP contribution is -3.15. The molecule has 3 aliphatic heterocycles. The number of carbonyl (C=O) groups is 3. The minimum absolute atomic E-state index is 0.0269. The molecule has 6 rings (SSSR count). The molecule has 10 nitrogen and oxygen atoms in total. The van der Waals surface area contributed by atoms with Crippen molar-refractivity contribution in [2.75, 3.05) is 44.7 Å². The smallest absolute Gasteiger partial charge is 0.351 e. The first kappa shape index (κ1) is 26.7. The average molecular weight is 531 g/mol. The summed E-state index contributed by atoms with van der Waals surface area (Å²) < 4.78 is 18.0. The number of hydrogen-bond donors (Lipinski definition) is 2. The van der Waals surface area contributed by atoms with E-state index in [-0.39, 0.29) is 29.2 Å². The molecule has 3 heterocycles. The first-order chi connectivity index (χ1) is 18.1. The molecule has 2 N–H and O–H groups in total. The summed E-state index contributed by atoms with van der Waals surface area (Å²) >= 11 is 0. The largest absolute Gasteiger partial charge is 0.539 e. The normalized spacial score (nSPS) is 37.5. The molecule has 5 aliphatic rings. The van der Waals surface area contributed by atoms with E-state index in [9.17, 15) is 4.79 Å². The summed E-state index contributed by atoms with van der Waals surface area (Å²) in [7, 11) is 1.70. The highest BCUT2D eigenvalue weighted by Crippen LogP contribution is 2.66. The van der Waals surface area contributed by atoms with Gasteiger partial charge in [0, 0.05) is 17.5 Å². The summed E-state index contributed by atoms with van der Waals surface area (Å²) in [4.78, 5) is 35.3. The Balaban J connectivity index is 0.000000443. The van der Waals surface area contributed by atoms with Crippen LogP contribution in [0.15, 0.2) is 24.3 Å². The Labute approximate surface area is 222 Å². The second-order valence-electron chi connectivity index (χ2n) is 11.7. The van der Waals surface area contributed by atoms with E-state index < -0.39 is 11.9 Å². The summed E-state index contributed by atoms with van der Waals surface area (Å²) in [6, 6.07) is 8.34. The number of benzene rings is 1. The van der Waals surface area contributed by atoms with Gasteiger partial charge in [0.05, 0.1) is 45.4 Å². The van der Waals surface area contributed by atoms with Gasteiger partial charge in [0.2, 0.25) is 0 Å². The van der Waals surface area contributed by atoms with Gasteiger partial charge in [-0.05, 0) is 62.8 Å². The lowest BCUT2D eigenvalue weighted by molar-refractivity contribution is -0.903. The van der Waals surface area contributed by atoms with Crippen molar-refractivity contribution in [2.45, 2.75) is 56.8 Å². The molecule has 7 atom stereocenters. The van der Waals surface area contributed by atoms with Crippen molar-refractivity contribution >= 4 is 23.6 Å². The molecule has 7 unspecified atom stereocenters. The number of rotatable bonds is 4. The number of fused-ring (bicyclic) bond motifs is 1. The molecule has 1 spiro atoms. The molecule has 5 fully saturated rings. The van der Waals surface area contributed by atoms with Crippen LogP contribution in [-0.2, 0) is 23.9 Å². The molecule has 3 saturated heterocycles. The Morgan fingerprint density at radius 2 is 1.82 bits per heavy atom. The fraction of sp³-hybridized carbons (Fsp3) is 0.679. The number of hydrogen-bond acceptors (Lipinski definition) is 8. The van der Waals surface area contributed by atoms with Gasteiger partial charge in [-0.1, -0.05) is 6.92 Å². The topological polar surface area (TPSA) is 133 Å². The number of quaternary nitrogens is 1. The Kier molecular flexibility index (Phi) is 7.06. The zero-order valence-electron chi connectivity index (χ0n) is 22.3. The van der Waals surface area contributed by atoms with Gasteiger partial charge in [0.1, 0.15) is 23.4 Å². The van der Waals surface area contributed by atoms with Gasteiger partial charge >= 0.3 is 11.9 Å². The molecule has 208 valence electrons. The summed E-state index contributed by atoms with van der Waals surface area (Å²) in [5, 5.41) is 16.3. The van der Waals surface area contributed by atoms with Crippen LogP contribution in [0.5, 0.6) is 5.75 Å². The molecule has 38 heavy (non-hydrogen) atoms. The van der Waals surface area contributed by atoms with Crippen LogP contribution in [0.4, 0.5) is 5.69 Å². The Bertz CT molecular complexity index is 1060. The maximum absolute atomic E-state index is 13.3. The molecule has 1 aromatic rings. The van der Waals surface area contributed by atoms with Crippen molar-refractivity contribution in [1.82, 2.24) is 0 Å². The van der Waals surface area contributed by atoms with Crippen molar-refractivity contribution in [3.8, 4) is 5.75 Å². The number of epoxide rings is 1. The van der Waals surface area contributed by atoms with E-state index in [1.807, 2.05) is 12.1 Å². The summed E-state index contributed by atoms with van der Waals surface area (Å²) in [5.74, 6) is -1.62. The van der Waals surface area contributed by atoms with Crippen LogP contribution < -0.4 is 19.6 Å². The molecule has 0 aromatic heterocycles. The highest BCUT2D eigenvalue weighted by molar-refractivity contribution is 6.26. The van der Waals surface area contributed by atoms with Gasteiger partial charge in [0.25, 0.3) is 0 Å². The molecule has 2 saturated carbocycles. The number of esters is 1. The monoisotopic (exact) mass is 530 g/mol. The summed E-state index contributed by atoms with van der Waals surface area (Å²) in [6.45, 7) is 9.65. The van der Waals surface area contributed by atoms with E-state index in [2.05, 4.69) is 30.9 Å². The SMILES string of the molecule is COc1ccc(N2CC[NH+](CC3C(=O)OC45C(CCC6(C)OC64)C(C)CCC35)CC2)cc1.O=C([O-])C(=O)O. The lowest BCUT2D eigenvalue weighted by Gasteiger charge is -2.50. The van der Waals surface area contributed by atoms with Crippen LogP contribution in [0.25, 0.3) is 0 Å². The maximum Gasteiger partial charge on any atom is 0.351 e. The molecule has 1 aromatic carbocycles. The van der Waals surface area contributed by atoms with Gasteiger partial charge in [-0.2, -0.15) is 0 Å². The zero-order valence-corrected chi connectivity index (χ0v) is 22.3. The van der Waals surface area contributed by atoms with Crippen LogP contribution in [0, 0.1) is 23.7 Å². The van der Waals surface area contributed by atoms with E-state index in [1.54, 1.807) is 12.0 Å². The summed E-state index contributed by atoms with van der Waals surface area (Å²) in [5.41, 5.74) is 0.842. The molecular formula is C28H38N2O8. The first-order valence-corrected chi connectivity index (χ1v) is 13.7. The Morgan fingerprint density at radius 1 is 1.16 bits per heavy atom. The van der Waals surface area contributed by atoms with Crippen LogP contribution in [0.2, 0.25) is 0 Å².